The monoisotopic (exact) mass is 324 g/mol. The summed E-state index contributed by atoms with van der Waals surface area (Å²) in [5.41, 5.74) is -0.849. The molecule has 24 heavy (non-hydrogen) atoms. The first-order valence-electron chi connectivity index (χ1n) is 7.61. The quantitative estimate of drug-likeness (QED) is 0.531. The SMILES string of the molecule is C=CC(=O)NCCNC(=O)C(O)(c1ccccc1)c1ccccc1. The summed E-state index contributed by atoms with van der Waals surface area (Å²) in [4.78, 5) is 23.8. The van der Waals surface area contributed by atoms with E-state index in [2.05, 4.69) is 17.2 Å². The summed E-state index contributed by atoms with van der Waals surface area (Å²) in [6, 6.07) is 17.5. The van der Waals surface area contributed by atoms with Gasteiger partial charge in [-0.1, -0.05) is 67.2 Å². The minimum Gasteiger partial charge on any atom is -0.372 e. The van der Waals surface area contributed by atoms with Crippen molar-refractivity contribution in [2.45, 2.75) is 5.60 Å². The van der Waals surface area contributed by atoms with Gasteiger partial charge in [0.25, 0.3) is 5.91 Å². The molecule has 0 bridgehead atoms. The fraction of sp³-hybridized carbons (Fsp3) is 0.158. The lowest BCUT2D eigenvalue weighted by atomic mass is 9.85. The molecule has 0 spiro atoms. The summed E-state index contributed by atoms with van der Waals surface area (Å²) >= 11 is 0. The molecule has 0 unspecified atom stereocenters. The highest BCUT2D eigenvalue weighted by Gasteiger charge is 2.39. The van der Waals surface area contributed by atoms with Crippen molar-refractivity contribution in [3.63, 3.8) is 0 Å². The number of aliphatic hydroxyl groups is 1. The van der Waals surface area contributed by atoms with Gasteiger partial charge in [0.15, 0.2) is 5.60 Å². The molecule has 2 aromatic carbocycles. The lowest BCUT2D eigenvalue weighted by Gasteiger charge is -2.28. The van der Waals surface area contributed by atoms with E-state index in [1.807, 2.05) is 12.1 Å². The molecule has 0 aliphatic carbocycles. The first kappa shape index (κ1) is 17.4. The molecule has 0 aliphatic heterocycles. The number of carbonyl (C=O) groups is 2. The molecule has 0 fully saturated rings. The van der Waals surface area contributed by atoms with Gasteiger partial charge in [-0.15, -0.1) is 0 Å². The third-order valence-corrected chi connectivity index (χ3v) is 3.61. The Morgan fingerprint density at radius 1 is 0.917 bits per heavy atom. The van der Waals surface area contributed by atoms with E-state index in [4.69, 9.17) is 0 Å². The van der Waals surface area contributed by atoms with Crippen LogP contribution in [-0.4, -0.2) is 30.0 Å². The van der Waals surface area contributed by atoms with Crippen molar-refractivity contribution >= 4 is 11.8 Å². The Bertz CT molecular complexity index is 660. The summed E-state index contributed by atoms with van der Waals surface area (Å²) < 4.78 is 0. The molecule has 0 atom stereocenters. The van der Waals surface area contributed by atoms with Crippen LogP contribution in [0.1, 0.15) is 11.1 Å². The van der Waals surface area contributed by atoms with Gasteiger partial charge in [-0.3, -0.25) is 9.59 Å². The lowest BCUT2D eigenvalue weighted by Crippen LogP contribution is -2.47. The van der Waals surface area contributed by atoms with Gasteiger partial charge in [0.2, 0.25) is 5.91 Å². The number of nitrogens with one attached hydrogen (secondary N) is 2. The van der Waals surface area contributed by atoms with E-state index in [9.17, 15) is 14.7 Å². The second kappa shape index (κ2) is 8.08. The van der Waals surface area contributed by atoms with Crippen molar-refractivity contribution in [1.29, 1.82) is 0 Å². The molecule has 0 aromatic heterocycles. The first-order valence-corrected chi connectivity index (χ1v) is 7.61. The second-order valence-electron chi connectivity index (χ2n) is 5.19. The molecule has 0 saturated heterocycles. The van der Waals surface area contributed by atoms with Gasteiger partial charge in [0.05, 0.1) is 0 Å². The van der Waals surface area contributed by atoms with Crippen LogP contribution in [0.3, 0.4) is 0 Å². The molecule has 0 heterocycles. The number of benzene rings is 2. The van der Waals surface area contributed by atoms with Crippen LogP contribution in [0.4, 0.5) is 0 Å². The Kier molecular flexibility index (Phi) is 5.87. The zero-order chi connectivity index (χ0) is 17.4. The molecule has 124 valence electrons. The molecule has 2 amide bonds. The standard InChI is InChI=1S/C19H20N2O3/c1-2-17(22)20-13-14-21-18(23)19(24,15-9-5-3-6-10-15)16-11-7-4-8-12-16/h2-12,24H,1,13-14H2,(H,20,22)(H,21,23). The molecule has 0 saturated carbocycles. The Labute approximate surface area is 141 Å². The van der Waals surface area contributed by atoms with Gasteiger partial charge in [-0.25, -0.2) is 0 Å². The van der Waals surface area contributed by atoms with Crippen molar-refractivity contribution in [1.82, 2.24) is 10.6 Å². The first-order chi connectivity index (χ1) is 11.6. The maximum atomic E-state index is 12.7. The van der Waals surface area contributed by atoms with Crippen molar-refractivity contribution in [2.75, 3.05) is 13.1 Å². The Balaban J connectivity index is 2.19. The van der Waals surface area contributed by atoms with E-state index < -0.39 is 11.5 Å². The van der Waals surface area contributed by atoms with Gasteiger partial charge in [0.1, 0.15) is 0 Å². The molecular weight excluding hydrogens is 304 g/mol. The van der Waals surface area contributed by atoms with Crippen LogP contribution in [-0.2, 0) is 15.2 Å². The smallest absolute Gasteiger partial charge is 0.261 e. The Morgan fingerprint density at radius 2 is 1.38 bits per heavy atom. The third kappa shape index (κ3) is 3.88. The maximum Gasteiger partial charge on any atom is 0.261 e. The van der Waals surface area contributed by atoms with Gasteiger partial charge in [-0.2, -0.15) is 0 Å². The molecule has 5 heteroatoms. The molecule has 3 N–H and O–H groups in total. The minimum atomic E-state index is -1.80. The minimum absolute atomic E-state index is 0.195. The molecule has 0 radical (unpaired) electrons. The van der Waals surface area contributed by atoms with Crippen LogP contribution in [0.25, 0.3) is 0 Å². The van der Waals surface area contributed by atoms with E-state index in [1.54, 1.807) is 48.5 Å². The predicted octanol–water partition coefficient (Wildman–Crippen LogP) is 1.34. The highest BCUT2D eigenvalue weighted by Crippen LogP contribution is 2.29. The van der Waals surface area contributed by atoms with Crippen molar-refractivity contribution in [2.24, 2.45) is 0 Å². The fourth-order valence-corrected chi connectivity index (χ4v) is 2.35. The average Bonchev–Trinajstić information content (AvgIpc) is 2.65. The van der Waals surface area contributed by atoms with Crippen LogP contribution >= 0.6 is 0 Å². The fourth-order valence-electron chi connectivity index (χ4n) is 2.35. The molecule has 2 rings (SSSR count). The van der Waals surface area contributed by atoms with Gasteiger partial charge in [0, 0.05) is 13.1 Å². The number of carbonyl (C=O) groups excluding carboxylic acids is 2. The molecule has 0 aliphatic rings. The summed E-state index contributed by atoms with van der Waals surface area (Å²) in [7, 11) is 0. The van der Waals surface area contributed by atoms with Crippen molar-refractivity contribution in [3.8, 4) is 0 Å². The van der Waals surface area contributed by atoms with E-state index in [-0.39, 0.29) is 19.0 Å². The van der Waals surface area contributed by atoms with Gasteiger partial charge in [-0.05, 0) is 17.2 Å². The number of rotatable bonds is 7. The van der Waals surface area contributed by atoms with Crippen LogP contribution in [0.5, 0.6) is 0 Å². The highest BCUT2D eigenvalue weighted by atomic mass is 16.3. The Hall–Kier alpha value is -2.92. The summed E-state index contributed by atoms with van der Waals surface area (Å²) in [5, 5.41) is 16.4. The number of hydrogen-bond donors (Lipinski definition) is 3. The molecular formula is C19H20N2O3. The van der Waals surface area contributed by atoms with Crippen molar-refractivity contribution < 1.29 is 14.7 Å². The van der Waals surface area contributed by atoms with Crippen LogP contribution in [0.15, 0.2) is 73.3 Å². The summed E-state index contributed by atoms with van der Waals surface area (Å²) in [6.07, 6.45) is 1.16. The van der Waals surface area contributed by atoms with E-state index in [0.29, 0.717) is 11.1 Å². The lowest BCUT2D eigenvalue weighted by molar-refractivity contribution is -0.136. The maximum absolute atomic E-state index is 12.7. The van der Waals surface area contributed by atoms with Gasteiger partial charge >= 0.3 is 0 Å². The largest absolute Gasteiger partial charge is 0.372 e. The van der Waals surface area contributed by atoms with Crippen LogP contribution in [0, 0.1) is 0 Å². The highest BCUT2D eigenvalue weighted by molar-refractivity contribution is 5.90. The number of hydrogen-bond acceptors (Lipinski definition) is 3. The van der Waals surface area contributed by atoms with E-state index in [1.165, 1.54) is 0 Å². The molecule has 5 nitrogen and oxygen atoms in total. The topological polar surface area (TPSA) is 78.4 Å². The zero-order valence-electron chi connectivity index (χ0n) is 13.2. The molecule has 2 aromatic rings. The number of amides is 2. The zero-order valence-corrected chi connectivity index (χ0v) is 13.2. The Morgan fingerprint density at radius 3 is 1.83 bits per heavy atom. The van der Waals surface area contributed by atoms with E-state index in [0.717, 1.165) is 6.08 Å². The van der Waals surface area contributed by atoms with Crippen LogP contribution < -0.4 is 10.6 Å². The second-order valence-corrected chi connectivity index (χ2v) is 5.19. The van der Waals surface area contributed by atoms with E-state index >= 15 is 0 Å². The normalized spacial score (nSPS) is 10.7. The average molecular weight is 324 g/mol. The predicted molar refractivity (Wildman–Crippen MR) is 92.1 cm³/mol. The summed E-state index contributed by atoms with van der Waals surface area (Å²) in [6.45, 7) is 3.79. The van der Waals surface area contributed by atoms with Crippen LogP contribution in [0.2, 0.25) is 0 Å². The van der Waals surface area contributed by atoms with Gasteiger partial charge < -0.3 is 15.7 Å². The van der Waals surface area contributed by atoms with Crippen molar-refractivity contribution in [3.05, 3.63) is 84.4 Å². The summed E-state index contributed by atoms with van der Waals surface area (Å²) in [5.74, 6) is -0.863. The third-order valence-electron chi connectivity index (χ3n) is 3.61.